The second-order valence-electron chi connectivity index (χ2n) is 6.90. The highest BCUT2D eigenvalue weighted by Crippen LogP contribution is 2.32. The first-order valence-corrected chi connectivity index (χ1v) is 8.44. The van der Waals surface area contributed by atoms with Crippen molar-refractivity contribution >= 4 is 24.8 Å². The van der Waals surface area contributed by atoms with E-state index in [0.717, 1.165) is 32.5 Å². The summed E-state index contributed by atoms with van der Waals surface area (Å²) in [6, 6.07) is 6.54. The zero-order valence-electron chi connectivity index (χ0n) is 14.2. The lowest BCUT2D eigenvalue weighted by atomic mass is 9.86. The number of nitrogens with one attached hydrogen (secondary N) is 1. The van der Waals surface area contributed by atoms with Crippen molar-refractivity contribution in [2.24, 2.45) is 0 Å². The van der Waals surface area contributed by atoms with Crippen LogP contribution in [0, 0.1) is 6.92 Å². The number of rotatable bonds is 3. The SMILES string of the molecule is Cc1ccc(CN2CCCC(F)(F)C2)c(C2CCNCC2)c1.Cl.Cl. The fourth-order valence-electron chi connectivity index (χ4n) is 3.79. The third-order valence-electron chi connectivity index (χ3n) is 4.95. The molecule has 1 N–H and O–H groups in total. The maximum atomic E-state index is 13.6. The molecule has 0 radical (unpaired) electrons. The van der Waals surface area contributed by atoms with Crippen LogP contribution in [0.3, 0.4) is 0 Å². The Morgan fingerprint density at radius 3 is 2.58 bits per heavy atom. The van der Waals surface area contributed by atoms with Crippen molar-refractivity contribution in [1.29, 1.82) is 0 Å². The van der Waals surface area contributed by atoms with Crippen LogP contribution in [-0.2, 0) is 6.54 Å². The van der Waals surface area contributed by atoms with Crippen molar-refractivity contribution in [2.45, 2.75) is 51.0 Å². The zero-order valence-corrected chi connectivity index (χ0v) is 15.8. The van der Waals surface area contributed by atoms with E-state index < -0.39 is 5.92 Å². The Kier molecular flexibility index (Phi) is 8.40. The van der Waals surface area contributed by atoms with Gasteiger partial charge in [0.25, 0.3) is 5.92 Å². The molecular formula is C18H28Cl2F2N2. The highest BCUT2D eigenvalue weighted by atomic mass is 35.5. The Morgan fingerprint density at radius 2 is 1.92 bits per heavy atom. The molecule has 6 heteroatoms. The zero-order chi connectivity index (χ0) is 15.6. The minimum atomic E-state index is -2.52. The predicted octanol–water partition coefficient (Wildman–Crippen LogP) is 4.54. The summed E-state index contributed by atoms with van der Waals surface area (Å²) in [6.07, 6.45) is 2.93. The van der Waals surface area contributed by atoms with Crippen molar-refractivity contribution < 1.29 is 8.78 Å². The van der Waals surface area contributed by atoms with Gasteiger partial charge in [-0.25, -0.2) is 8.78 Å². The molecule has 2 aliphatic heterocycles. The maximum Gasteiger partial charge on any atom is 0.260 e. The number of aryl methyl sites for hydroxylation is 1. The van der Waals surface area contributed by atoms with E-state index in [-0.39, 0.29) is 37.8 Å². The molecule has 0 aromatic heterocycles. The van der Waals surface area contributed by atoms with Crippen LogP contribution in [0.25, 0.3) is 0 Å². The Labute approximate surface area is 156 Å². The number of likely N-dealkylation sites (tertiary alicyclic amines) is 1. The van der Waals surface area contributed by atoms with E-state index >= 15 is 0 Å². The van der Waals surface area contributed by atoms with Gasteiger partial charge in [-0.1, -0.05) is 23.8 Å². The summed E-state index contributed by atoms with van der Waals surface area (Å²) in [6.45, 7) is 5.58. The van der Waals surface area contributed by atoms with Crippen LogP contribution in [0.15, 0.2) is 18.2 Å². The first kappa shape index (κ1) is 21.6. The van der Waals surface area contributed by atoms with E-state index in [1.165, 1.54) is 16.7 Å². The molecular weight excluding hydrogens is 353 g/mol. The van der Waals surface area contributed by atoms with E-state index in [1.807, 2.05) is 4.90 Å². The molecule has 2 saturated heterocycles. The largest absolute Gasteiger partial charge is 0.317 e. The lowest BCUT2D eigenvalue weighted by Crippen LogP contribution is -2.42. The molecule has 0 unspecified atom stereocenters. The maximum absolute atomic E-state index is 13.6. The van der Waals surface area contributed by atoms with E-state index in [4.69, 9.17) is 0 Å². The standard InChI is InChI=1S/C18H26F2N2.2ClH/c1-14-3-4-16(12-22-10-2-7-18(19,20)13-22)17(11-14)15-5-8-21-9-6-15;;/h3-4,11,15,21H,2,5-10,12-13H2,1H3;2*1H. The van der Waals surface area contributed by atoms with Gasteiger partial charge in [-0.3, -0.25) is 4.90 Å². The molecule has 1 aromatic rings. The molecule has 2 aliphatic rings. The minimum absolute atomic E-state index is 0. The number of nitrogens with zero attached hydrogens (tertiary/aromatic N) is 1. The highest BCUT2D eigenvalue weighted by molar-refractivity contribution is 5.85. The fourth-order valence-corrected chi connectivity index (χ4v) is 3.79. The molecule has 24 heavy (non-hydrogen) atoms. The van der Waals surface area contributed by atoms with Gasteiger partial charge in [0.15, 0.2) is 0 Å². The van der Waals surface area contributed by atoms with Crippen LogP contribution in [-0.4, -0.2) is 37.0 Å². The summed E-state index contributed by atoms with van der Waals surface area (Å²) >= 11 is 0. The van der Waals surface area contributed by atoms with Gasteiger partial charge in [0.2, 0.25) is 0 Å². The predicted molar refractivity (Wildman–Crippen MR) is 100.0 cm³/mol. The van der Waals surface area contributed by atoms with E-state index in [9.17, 15) is 8.78 Å². The summed E-state index contributed by atoms with van der Waals surface area (Å²) in [5, 5.41) is 3.40. The van der Waals surface area contributed by atoms with Crippen LogP contribution < -0.4 is 5.32 Å². The summed E-state index contributed by atoms with van der Waals surface area (Å²) in [4.78, 5) is 1.93. The van der Waals surface area contributed by atoms with E-state index in [0.29, 0.717) is 18.9 Å². The van der Waals surface area contributed by atoms with Crippen molar-refractivity contribution in [3.63, 3.8) is 0 Å². The van der Waals surface area contributed by atoms with Gasteiger partial charge in [-0.2, -0.15) is 0 Å². The topological polar surface area (TPSA) is 15.3 Å². The summed E-state index contributed by atoms with van der Waals surface area (Å²) in [7, 11) is 0. The lowest BCUT2D eigenvalue weighted by Gasteiger charge is -2.34. The third kappa shape index (κ3) is 5.55. The van der Waals surface area contributed by atoms with E-state index in [1.54, 1.807) is 0 Å². The van der Waals surface area contributed by atoms with Gasteiger partial charge < -0.3 is 5.32 Å². The van der Waals surface area contributed by atoms with Crippen molar-refractivity contribution in [3.05, 3.63) is 34.9 Å². The average molecular weight is 381 g/mol. The van der Waals surface area contributed by atoms with Crippen LogP contribution in [0.1, 0.15) is 48.3 Å². The summed E-state index contributed by atoms with van der Waals surface area (Å²) < 4.78 is 27.3. The van der Waals surface area contributed by atoms with Gasteiger partial charge in [-0.05, 0) is 62.9 Å². The molecule has 0 atom stereocenters. The molecule has 2 fully saturated rings. The molecule has 3 rings (SSSR count). The molecule has 0 bridgehead atoms. The first-order valence-electron chi connectivity index (χ1n) is 8.44. The quantitative estimate of drug-likeness (QED) is 0.827. The van der Waals surface area contributed by atoms with Gasteiger partial charge in [0.05, 0.1) is 6.54 Å². The van der Waals surface area contributed by atoms with Gasteiger partial charge in [0, 0.05) is 13.0 Å². The van der Waals surface area contributed by atoms with E-state index in [2.05, 4.69) is 30.4 Å². The minimum Gasteiger partial charge on any atom is -0.317 e. The Bertz CT molecular complexity index is 520. The molecule has 2 heterocycles. The van der Waals surface area contributed by atoms with Gasteiger partial charge in [0.1, 0.15) is 0 Å². The third-order valence-corrected chi connectivity index (χ3v) is 4.95. The van der Waals surface area contributed by atoms with Crippen LogP contribution in [0.5, 0.6) is 0 Å². The normalized spacial score (nSPS) is 21.6. The number of benzene rings is 1. The number of hydrogen-bond acceptors (Lipinski definition) is 2. The number of hydrogen-bond donors (Lipinski definition) is 1. The number of halogens is 4. The second-order valence-corrected chi connectivity index (χ2v) is 6.90. The Morgan fingerprint density at radius 1 is 1.21 bits per heavy atom. The summed E-state index contributed by atoms with van der Waals surface area (Å²) in [5.41, 5.74) is 3.90. The fraction of sp³-hybridized carbons (Fsp3) is 0.667. The molecule has 0 spiro atoms. The second kappa shape index (κ2) is 9.33. The van der Waals surface area contributed by atoms with Gasteiger partial charge in [-0.15, -0.1) is 24.8 Å². The van der Waals surface area contributed by atoms with Crippen LogP contribution in [0.4, 0.5) is 8.78 Å². The van der Waals surface area contributed by atoms with Crippen molar-refractivity contribution in [3.8, 4) is 0 Å². The van der Waals surface area contributed by atoms with Crippen molar-refractivity contribution in [2.75, 3.05) is 26.2 Å². The summed E-state index contributed by atoms with van der Waals surface area (Å²) in [5.74, 6) is -1.95. The molecule has 0 saturated carbocycles. The van der Waals surface area contributed by atoms with Gasteiger partial charge >= 0.3 is 0 Å². The molecule has 0 amide bonds. The highest BCUT2D eigenvalue weighted by Gasteiger charge is 2.35. The van der Waals surface area contributed by atoms with Crippen molar-refractivity contribution in [1.82, 2.24) is 10.2 Å². The van der Waals surface area contributed by atoms with Crippen LogP contribution in [0.2, 0.25) is 0 Å². The lowest BCUT2D eigenvalue weighted by molar-refractivity contribution is -0.0661. The molecule has 2 nitrogen and oxygen atoms in total. The monoisotopic (exact) mass is 380 g/mol. The number of piperidine rings is 2. The Balaban J connectivity index is 0.00000144. The average Bonchev–Trinajstić information content (AvgIpc) is 2.49. The first-order chi connectivity index (χ1) is 10.5. The molecule has 1 aromatic carbocycles. The smallest absolute Gasteiger partial charge is 0.260 e. The molecule has 138 valence electrons. The number of alkyl halides is 2. The Hall–Kier alpha value is -0.420. The molecule has 0 aliphatic carbocycles. The van der Waals surface area contributed by atoms with Crippen LogP contribution >= 0.6 is 24.8 Å².